The fraction of sp³-hybridized carbons (Fsp3) is 0. The lowest BCUT2D eigenvalue weighted by Gasteiger charge is -1.98. The van der Waals surface area contributed by atoms with Crippen LogP contribution in [-0.4, -0.2) is 11.0 Å². The summed E-state index contributed by atoms with van der Waals surface area (Å²) in [7, 11) is 0. The summed E-state index contributed by atoms with van der Waals surface area (Å²) in [6.45, 7) is 0. The first-order valence-electron chi connectivity index (χ1n) is 3.15. The quantitative estimate of drug-likeness (QED) is 0.627. The fourth-order valence-corrected chi connectivity index (χ4v) is 0.660. The molecule has 0 aromatic carbocycles. The van der Waals surface area contributed by atoms with Gasteiger partial charge in [0.05, 0.1) is 5.56 Å². The minimum atomic E-state index is -0.674. The van der Waals surface area contributed by atoms with Gasteiger partial charge < -0.3 is 5.73 Å². The predicted molar refractivity (Wildman–Crippen MR) is 42.2 cm³/mol. The number of pyridine rings is 1. The van der Waals surface area contributed by atoms with E-state index in [2.05, 4.69) is 10.3 Å². The van der Waals surface area contributed by atoms with Crippen molar-refractivity contribution in [1.29, 1.82) is 5.26 Å². The Bertz CT molecular complexity index is 324. The zero-order chi connectivity index (χ0) is 8.97. The third-order valence-corrected chi connectivity index (χ3v) is 1.14. The van der Waals surface area contributed by atoms with E-state index in [0.717, 1.165) is 0 Å². The molecule has 1 heterocycles. The lowest BCUT2D eigenvalue weighted by molar-refractivity contribution is 0.259. The molecule has 3 N–H and O–H groups in total. The van der Waals surface area contributed by atoms with Gasteiger partial charge in [-0.05, 0) is 12.1 Å². The van der Waals surface area contributed by atoms with E-state index in [1.165, 1.54) is 18.3 Å². The summed E-state index contributed by atoms with van der Waals surface area (Å²) >= 11 is 0. The maximum absolute atomic E-state index is 10.3. The summed E-state index contributed by atoms with van der Waals surface area (Å²) < 4.78 is 0. The molecule has 0 saturated carbocycles. The largest absolute Gasteiger partial charge is 0.351 e. The van der Waals surface area contributed by atoms with Crippen molar-refractivity contribution in [2.75, 3.05) is 5.32 Å². The van der Waals surface area contributed by atoms with Crippen LogP contribution in [0.25, 0.3) is 0 Å². The van der Waals surface area contributed by atoms with E-state index in [1.807, 2.05) is 6.07 Å². The van der Waals surface area contributed by atoms with Crippen molar-refractivity contribution < 1.29 is 4.79 Å². The molecular weight excluding hydrogens is 156 g/mol. The third kappa shape index (κ3) is 1.95. The summed E-state index contributed by atoms with van der Waals surface area (Å²) in [5, 5.41) is 10.7. The Morgan fingerprint density at radius 2 is 2.42 bits per heavy atom. The molecule has 0 bridgehead atoms. The van der Waals surface area contributed by atoms with Crippen LogP contribution >= 0.6 is 0 Å². The second kappa shape index (κ2) is 3.34. The molecule has 1 aromatic heterocycles. The average molecular weight is 162 g/mol. The van der Waals surface area contributed by atoms with Gasteiger partial charge in [-0.2, -0.15) is 5.26 Å². The summed E-state index contributed by atoms with van der Waals surface area (Å²) in [6, 6.07) is 4.27. The number of nitrogens with one attached hydrogen (secondary N) is 1. The number of rotatable bonds is 1. The Morgan fingerprint density at radius 1 is 1.67 bits per heavy atom. The Hall–Kier alpha value is -2.09. The molecule has 2 amide bonds. The van der Waals surface area contributed by atoms with Crippen LogP contribution in [0.4, 0.5) is 10.6 Å². The van der Waals surface area contributed by atoms with Crippen molar-refractivity contribution in [3.05, 3.63) is 23.9 Å². The van der Waals surface area contributed by atoms with Crippen LogP contribution < -0.4 is 11.1 Å². The average Bonchev–Trinajstić information content (AvgIpc) is 2.05. The third-order valence-electron chi connectivity index (χ3n) is 1.14. The molecule has 0 saturated heterocycles. The first kappa shape index (κ1) is 8.01. The number of hydrogen-bond donors (Lipinski definition) is 2. The molecule has 12 heavy (non-hydrogen) atoms. The van der Waals surface area contributed by atoms with Crippen LogP contribution in [0.5, 0.6) is 0 Å². The van der Waals surface area contributed by atoms with Gasteiger partial charge in [0.2, 0.25) is 0 Å². The van der Waals surface area contributed by atoms with E-state index in [9.17, 15) is 4.79 Å². The Morgan fingerprint density at radius 3 is 2.83 bits per heavy atom. The molecule has 1 aromatic rings. The first-order chi connectivity index (χ1) is 5.72. The van der Waals surface area contributed by atoms with Gasteiger partial charge in [0, 0.05) is 6.20 Å². The smallest absolute Gasteiger partial charge is 0.317 e. The number of hydrogen-bond acceptors (Lipinski definition) is 3. The number of primary amides is 1. The predicted octanol–water partition coefficient (Wildman–Crippen LogP) is 0.444. The Labute approximate surface area is 68.8 Å². The molecule has 60 valence electrons. The molecular formula is C7H6N4O. The number of carbonyl (C=O) groups is 1. The molecule has 0 spiro atoms. The highest BCUT2D eigenvalue weighted by atomic mass is 16.2. The van der Waals surface area contributed by atoms with Crippen molar-refractivity contribution in [3.63, 3.8) is 0 Å². The van der Waals surface area contributed by atoms with E-state index in [-0.39, 0.29) is 0 Å². The molecule has 0 aliphatic heterocycles. The number of amides is 2. The minimum Gasteiger partial charge on any atom is -0.351 e. The minimum absolute atomic E-state index is 0.335. The second-order valence-corrected chi connectivity index (χ2v) is 2.03. The van der Waals surface area contributed by atoms with E-state index in [0.29, 0.717) is 11.4 Å². The van der Waals surface area contributed by atoms with Crippen molar-refractivity contribution in [1.82, 2.24) is 4.98 Å². The monoisotopic (exact) mass is 162 g/mol. The zero-order valence-electron chi connectivity index (χ0n) is 6.11. The number of urea groups is 1. The number of nitrogens with zero attached hydrogens (tertiary/aromatic N) is 2. The maximum atomic E-state index is 10.3. The molecule has 0 aliphatic rings. The SMILES string of the molecule is N#Cc1ccc(NC(N)=O)nc1. The van der Waals surface area contributed by atoms with E-state index >= 15 is 0 Å². The van der Waals surface area contributed by atoms with Crippen LogP contribution in [0.3, 0.4) is 0 Å². The van der Waals surface area contributed by atoms with Gasteiger partial charge in [0.15, 0.2) is 0 Å². The molecule has 0 aliphatic carbocycles. The van der Waals surface area contributed by atoms with E-state index in [4.69, 9.17) is 11.0 Å². The fourth-order valence-electron chi connectivity index (χ4n) is 0.660. The number of nitrogens with two attached hydrogens (primary N) is 1. The summed E-state index contributed by atoms with van der Waals surface area (Å²) in [6.07, 6.45) is 1.35. The second-order valence-electron chi connectivity index (χ2n) is 2.03. The Balaban J connectivity index is 2.80. The van der Waals surface area contributed by atoms with Crippen LogP contribution in [-0.2, 0) is 0 Å². The normalized spacial score (nSPS) is 8.58. The molecule has 1 rings (SSSR count). The topological polar surface area (TPSA) is 91.8 Å². The number of nitriles is 1. The highest BCUT2D eigenvalue weighted by Crippen LogP contribution is 2.02. The van der Waals surface area contributed by atoms with Gasteiger partial charge in [-0.15, -0.1) is 0 Å². The van der Waals surface area contributed by atoms with Crippen molar-refractivity contribution in [3.8, 4) is 6.07 Å². The zero-order valence-corrected chi connectivity index (χ0v) is 6.11. The lowest BCUT2D eigenvalue weighted by Crippen LogP contribution is -2.19. The first-order valence-corrected chi connectivity index (χ1v) is 3.15. The van der Waals surface area contributed by atoms with Crippen LogP contribution in [0.1, 0.15) is 5.56 Å². The van der Waals surface area contributed by atoms with E-state index in [1.54, 1.807) is 0 Å². The molecule has 5 heteroatoms. The summed E-state index contributed by atoms with van der Waals surface area (Å²) in [4.78, 5) is 14.1. The standard InChI is InChI=1S/C7H6N4O/c8-3-5-1-2-6(10-4-5)11-7(9)12/h1-2,4H,(H3,9,10,11,12). The summed E-state index contributed by atoms with van der Waals surface area (Å²) in [5.74, 6) is 0.335. The lowest BCUT2D eigenvalue weighted by atomic mass is 10.3. The number of carbonyl (C=O) groups excluding carboxylic acids is 1. The van der Waals surface area contributed by atoms with Crippen molar-refractivity contribution >= 4 is 11.8 Å². The van der Waals surface area contributed by atoms with E-state index < -0.39 is 6.03 Å². The molecule has 0 unspecified atom stereocenters. The van der Waals surface area contributed by atoms with Crippen LogP contribution in [0.15, 0.2) is 18.3 Å². The van der Waals surface area contributed by atoms with Gasteiger partial charge in [-0.1, -0.05) is 0 Å². The van der Waals surface area contributed by atoms with Gasteiger partial charge in [-0.25, -0.2) is 9.78 Å². The maximum Gasteiger partial charge on any atom is 0.317 e. The van der Waals surface area contributed by atoms with Gasteiger partial charge in [0.1, 0.15) is 11.9 Å². The van der Waals surface area contributed by atoms with Gasteiger partial charge >= 0.3 is 6.03 Å². The van der Waals surface area contributed by atoms with Crippen molar-refractivity contribution in [2.45, 2.75) is 0 Å². The summed E-state index contributed by atoms with van der Waals surface area (Å²) in [5.41, 5.74) is 5.28. The highest BCUT2D eigenvalue weighted by Gasteiger charge is 1.96. The number of anilines is 1. The van der Waals surface area contributed by atoms with Crippen LogP contribution in [0.2, 0.25) is 0 Å². The van der Waals surface area contributed by atoms with Crippen LogP contribution in [0, 0.1) is 11.3 Å². The molecule has 5 nitrogen and oxygen atoms in total. The Kier molecular flexibility index (Phi) is 2.23. The molecule has 0 radical (unpaired) electrons. The number of aromatic nitrogens is 1. The van der Waals surface area contributed by atoms with Gasteiger partial charge in [-0.3, -0.25) is 5.32 Å². The van der Waals surface area contributed by atoms with Crippen molar-refractivity contribution in [2.24, 2.45) is 5.73 Å². The molecule has 0 fully saturated rings. The molecule has 0 atom stereocenters. The van der Waals surface area contributed by atoms with Gasteiger partial charge in [0.25, 0.3) is 0 Å². The highest BCUT2D eigenvalue weighted by molar-refractivity contribution is 5.86.